The summed E-state index contributed by atoms with van der Waals surface area (Å²) in [5.74, 6) is -9.01. The van der Waals surface area contributed by atoms with E-state index in [-0.39, 0.29) is 54.7 Å². The zero-order valence-electron chi connectivity index (χ0n) is 40.8. The van der Waals surface area contributed by atoms with E-state index in [1.807, 2.05) is 26.0 Å². The van der Waals surface area contributed by atoms with Gasteiger partial charge < -0.3 is 43.5 Å². The number of carbonyl (C=O) groups is 5. The molecule has 1 aromatic rings. The number of piperidine rings is 1. The van der Waals surface area contributed by atoms with Gasteiger partial charge in [0.1, 0.15) is 30.1 Å². The Bertz CT molecular complexity index is 2040. The molecule has 17 heteroatoms. The van der Waals surface area contributed by atoms with Crippen LogP contribution in [-0.2, 0) is 47.6 Å². The minimum Gasteiger partial charge on any atom is -0.456 e. The quantitative estimate of drug-likeness (QED) is 0.0849. The van der Waals surface area contributed by atoms with Crippen molar-refractivity contribution in [3.05, 3.63) is 75.9 Å². The molecule has 14 unspecified atom stereocenters. The van der Waals surface area contributed by atoms with Crippen molar-refractivity contribution in [1.29, 1.82) is 0 Å². The van der Waals surface area contributed by atoms with Crippen molar-refractivity contribution in [3.63, 3.8) is 0 Å². The van der Waals surface area contributed by atoms with Crippen LogP contribution in [0, 0.1) is 39.7 Å². The molecule has 2 N–H and O–H groups in total. The number of amides is 1. The molecular formula is C51H72N2O15. The zero-order chi connectivity index (χ0) is 50.0. The van der Waals surface area contributed by atoms with E-state index in [2.05, 4.69) is 6.58 Å². The van der Waals surface area contributed by atoms with Crippen LogP contribution >= 0.6 is 0 Å². The first-order valence-corrected chi connectivity index (χ1v) is 23.9. The Hall–Kier alpha value is -4.65. The molecule has 3 heterocycles. The molecule has 0 aromatic heterocycles. The van der Waals surface area contributed by atoms with E-state index in [1.165, 1.54) is 45.6 Å². The lowest BCUT2D eigenvalue weighted by Crippen LogP contribution is -2.64. The van der Waals surface area contributed by atoms with E-state index in [4.69, 9.17) is 28.4 Å². The number of hydrogen-bond donors (Lipinski definition) is 2. The first-order valence-electron chi connectivity index (χ1n) is 23.9. The predicted molar refractivity (Wildman–Crippen MR) is 249 cm³/mol. The molecule has 68 heavy (non-hydrogen) atoms. The summed E-state index contributed by atoms with van der Waals surface area (Å²) in [7, 11) is 4.53. The molecule has 3 aliphatic heterocycles. The Morgan fingerprint density at radius 1 is 0.941 bits per heavy atom. The van der Waals surface area contributed by atoms with Gasteiger partial charge in [0.2, 0.25) is 5.79 Å². The molecule has 3 fully saturated rings. The number of carbonyl (C=O) groups excluding carboxylic acids is 5. The number of nitro benzene ring substituents is 1. The van der Waals surface area contributed by atoms with Crippen molar-refractivity contribution in [2.75, 3.05) is 27.9 Å². The molecule has 17 nitrogen and oxygen atoms in total. The summed E-state index contributed by atoms with van der Waals surface area (Å²) >= 11 is 0. The molecule has 0 spiro atoms. The Morgan fingerprint density at radius 2 is 1.60 bits per heavy atom. The van der Waals surface area contributed by atoms with Crippen LogP contribution in [0.15, 0.2) is 60.2 Å². The highest BCUT2D eigenvalue weighted by atomic mass is 16.7. The number of Topliss-reactive ketones (excluding diaryl/α,β-unsaturated/α-hetero) is 2. The van der Waals surface area contributed by atoms with Crippen LogP contribution in [-0.4, -0.2) is 132 Å². The van der Waals surface area contributed by atoms with Gasteiger partial charge in [-0.05, 0) is 108 Å². The summed E-state index contributed by atoms with van der Waals surface area (Å²) in [5.41, 5.74) is 1.49. The predicted octanol–water partition coefficient (Wildman–Crippen LogP) is 6.41. The van der Waals surface area contributed by atoms with Gasteiger partial charge in [0.05, 0.1) is 34.9 Å². The van der Waals surface area contributed by atoms with Gasteiger partial charge in [0.25, 0.3) is 17.4 Å². The van der Waals surface area contributed by atoms with Crippen LogP contribution in [0.2, 0.25) is 0 Å². The van der Waals surface area contributed by atoms with E-state index in [9.17, 15) is 44.3 Å². The largest absolute Gasteiger partial charge is 0.456 e. The van der Waals surface area contributed by atoms with Gasteiger partial charge in [-0.15, -0.1) is 6.58 Å². The van der Waals surface area contributed by atoms with Gasteiger partial charge >= 0.3 is 11.9 Å². The van der Waals surface area contributed by atoms with Crippen molar-refractivity contribution >= 4 is 35.1 Å². The summed E-state index contributed by atoms with van der Waals surface area (Å²) < 4.78 is 36.0. The number of nitro groups is 1. The second kappa shape index (κ2) is 24.3. The fourth-order valence-electron chi connectivity index (χ4n) is 10.5. The van der Waals surface area contributed by atoms with Gasteiger partial charge in [-0.2, -0.15) is 0 Å². The summed E-state index contributed by atoms with van der Waals surface area (Å²) in [6.45, 7) is 12.9. The Morgan fingerprint density at radius 3 is 2.24 bits per heavy atom. The van der Waals surface area contributed by atoms with E-state index in [0.717, 1.165) is 10.5 Å². The molecule has 1 aromatic carbocycles. The van der Waals surface area contributed by atoms with Crippen molar-refractivity contribution in [1.82, 2.24) is 4.90 Å². The third-order valence-electron chi connectivity index (χ3n) is 14.4. The number of benzene rings is 1. The van der Waals surface area contributed by atoms with Crippen LogP contribution in [0.25, 0.3) is 0 Å². The molecule has 2 bridgehead atoms. The van der Waals surface area contributed by atoms with Crippen molar-refractivity contribution in [2.45, 2.75) is 160 Å². The molecule has 0 radical (unpaired) electrons. The number of ketones is 2. The van der Waals surface area contributed by atoms with Gasteiger partial charge in [-0.25, -0.2) is 9.59 Å². The lowest BCUT2D eigenvalue weighted by Gasteiger charge is -2.47. The van der Waals surface area contributed by atoms with Gasteiger partial charge in [0.15, 0.2) is 0 Å². The Labute approximate surface area is 399 Å². The van der Waals surface area contributed by atoms with Crippen molar-refractivity contribution in [2.24, 2.45) is 29.6 Å². The molecule has 1 aliphatic carbocycles. The molecule has 4 aliphatic rings. The normalized spacial score (nSPS) is 36.0. The van der Waals surface area contributed by atoms with E-state index in [1.54, 1.807) is 26.8 Å². The molecular weight excluding hydrogens is 881 g/mol. The summed E-state index contributed by atoms with van der Waals surface area (Å²) in [5, 5.41) is 35.1. The van der Waals surface area contributed by atoms with Crippen LogP contribution in [0.1, 0.15) is 116 Å². The van der Waals surface area contributed by atoms with E-state index >= 15 is 0 Å². The van der Waals surface area contributed by atoms with Gasteiger partial charge in [0, 0.05) is 64.2 Å². The van der Waals surface area contributed by atoms with Gasteiger partial charge in [-0.1, -0.05) is 44.6 Å². The number of non-ortho nitro benzene ring substituents is 1. The van der Waals surface area contributed by atoms with Crippen LogP contribution in [0.3, 0.4) is 0 Å². The number of rotatable bonds is 10. The smallest absolute Gasteiger partial charge is 0.338 e. The third-order valence-corrected chi connectivity index (χ3v) is 14.4. The first-order chi connectivity index (χ1) is 32.3. The second-order valence-corrected chi connectivity index (χ2v) is 19.5. The number of aliphatic hydroxyl groups excluding tert-OH is 1. The number of ether oxygens (including phenoxy) is 6. The average Bonchev–Trinajstić information content (AvgIpc) is 3.32. The average molecular weight is 953 g/mol. The SMILES string of the molecule is C=CCC1/C=C(/C)CC(C)CC(OC)C2OC(O)(C(=O)C(=O)N3CCCCC3C(=O)OC(/C(C)=C/C3CCC(OC(=O)c4ccc([N+](=O)[O-])cc4)C(OC)C3)C(C)C(O)CC1=O)C(C)CC2OC. The Balaban J connectivity index is 1.47. The molecule has 5 rings (SSSR count). The number of esters is 2. The Kier molecular flexibility index (Phi) is 19.4. The summed E-state index contributed by atoms with van der Waals surface area (Å²) in [6.07, 6.45) is 3.58. The fourth-order valence-corrected chi connectivity index (χ4v) is 10.5. The molecule has 1 amide bonds. The highest BCUT2D eigenvalue weighted by Crippen LogP contribution is 2.39. The minimum atomic E-state index is -2.56. The van der Waals surface area contributed by atoms with Crippen LogP contribution in [0.4, 0.5) is 5.69 Å². The van der Waals surface area contributed by atoms with Crippen molar-refractivity contribution < 1.29 is 67.5 Å². The van der Waals surface area contributed by atoms with Crippen LogP contribution < -0.4 is 0 Å². The van der Waals surface area contributed by atoms with E-state index in [0.29, 0.717) is 56.9 Å². The van der Waals surface area contributed by atoms with E-state index < -0.39 is 101 Å². The monoisotopic (exact) mass is 952 g/mol. The van der Waals surface area contributed by atoms with Gasteiger partial charge in [-0.3, -0.25) is 24.5 Å². The molecule has 1 saturated carbocycles. The molecule has 376 valence electrons. The lowest BCUT2D eigenvalue weighted by molar-refractivity contribution is -0.384. The van der Waals surface area contributed by atoms with Crippen molar-refractivity contribution in [3.8, 4) is 0 Å². The highest BCUT2D eigenvalue weighted by molar-refractivity contribution is 6.39. The number of methoxy groups -OCH3 is 3. The third kappa shape index (κ3) is 13.0. The molecule has 2 saturated heterocycles. The fraction of sp³-hybridized carbons (Fsp3) is 0.667. The number of aliphatic hydroxyl groups is 2. The highest BCUT2D eigenvalue weighted by Gasteiger charge is 2.56. The number of allylic oxidation sites excluding steroid dienone is 4. The van der Waals surface area contributed by atoms with Crippen LogP contribution in [0.5, 0.6) is 0 Å². The number of nitrogens with zero attached hydrogens (tertiary/aromatic N) is 2. The maximum absolute atomic E-state index is 14.5. The summed E-state index contributed by atoms with van der Waals surface area (Å²) in [6, 6.07) is 3.92. The number of hydrogen-bond acceptors (Lipinski definition) is 15. The lowest BCUT2D eigenvalue weighted by atomic mass is 9.81. The standard InChI is InChI=1S/C51H72N2O15/c1-10-13-36-23-29(2)22-30(3)24-43(64-8)46-44(65-9)26-32(5)51(60,68-46)47(56)48(57)52-21-12-11-14-38(52)50(59)67-45(33(6)39(54)28-40(36)55)31(4)25-34-15-20-41(42(27-34)63-7)66-49(58)35-16-18-37(19-17-35)53(61)62/h10,16-19,23,25,30,32-34,36,38-39,41-46,54,60H,1,11-15,20-22,24,26-28H2,2-9H3/b29-23-,31-25+. The second-order valence-electron chi connectivity index (χ2n) is 19.5. The number of fused-ring (bicyclic) bond motifs is 3. The summed E-state index contributed by atoms with van der Waals surface area (Å²) in [4.78, 5) is 82.1. The number of cyclic esters (lactones) is 1. The zero-order valence-corrected chi connectivity index (χ0v) is 40.8. The maximum atomic E-state index is 14.5. The topological polar surface area (TPSA) is 228 Å². The first kappa shape index (κ1) is 54.3. The minimum absolute atomic E-state index is 0.0271. The maximum Gasteiger partial charge on any atom is 0.338 e. The molecule has 14 atom stereocenters.